The van der Waals surface area contributed by atoms with Gasteiger partial charge in [0.05, 0.1) is 5.52 Å². The van der Waals surface area contributed by atoms with Crippen molar-refractivity contribution in [3.05, 3.63) is 65.9 Å². The summed E-state index contributed by atoms with van der Waals surface area (Å²) in [6.07, 6.45) is 8.46. The molecule has 0 unspecified atom stereocenters. The SMILES string of the molecule is O=C(NCc1cnc([C@@H]2CCCCO2)nc1)c1ccc2ncccc2c1. The summed E-state index contributed by atoms with van der Waals surface area (Å²) in [5.41, 5.74) is 2.34. The highest BCUT2D eigenvalue weighted by Crippen LogP contribution is 2.24. The summed E-state index contributed by atoms with van der Waals surface area (Å²) in [5, 5.41) is 3.85. The van der Waals surface area contributed by atoms with Crippen molar-refractivity contribution < 1.29 is 9.53 Å². The second kappa shape index (κ2) is 7.58. The summed E-state index contributed by atoms with van der Waals surface area (Å²) in [4.78, 5) is 25.4. The fourth-order valence-electron chi connectivity index (χ4n) is 3.07. The fourth-order valence-corrected chi connectivity index (χ4v) is 3.07. The number of fused-ring (bicyclic) bond motifs is 1. The zero-order valence-corrected chi connectivity index (χ0v) is 14.4. The van der Waals surface area contributed by atoms with Crippen LogP contribution in [-0.2, 0) is 11.3 Å². The minimum atomic E-state index is -0.129. The molecule has 0 saturated carbocycles. The number of aromatic nitrogens is 3. The van der Waals surface area contributed by atoms with E-state index in [4.69, 9.17) is 4.74 Å². The van der Waals surface area contributed by atoms with Crippen molar-refractivity contribution in [2.75, 3.05) is 6.61 Å². The second-order valence-corrected chi connectivity index (χ2v) is 6.40. The van der Waals surface area contributed by atoms with Crippen molar-refractivity contribution in [2.45, 2.75) is 31.9 Å². The van der Waals surface area contributed by atoms with Gasteiger partial charge in [0.25, 0.3) is 5.91 Å². The van der Waals surface area contributed by atoms with Crippen molar-refractivity contribution in [2.24, 2.45) is 0 Å². The Labute approximate surface area is 151 Å². The van der Waals surface area contributed by atoms with E-state index >= 15 is 0 Å². The number of rotatable bonds is 4. The lowest BCUT2D eigenvalue weighted by Crippen LogP contribution is -2.23. The summed E-state index contributed by atoms with van der Waals surface area (Å²) in [6.45, 7) is 1.16. The standard InChI is InChI=1S/C20H20N4O2/c25-20(16-6-7-17-15(10-16)4-3-8-21-17)24-13-14-11-22-19(23-12-14)18-5-1-2-9-26-18/h3-4,6-8,10-12,18H,1-2,5,9,13H2,(H,24,25)/t18-/m0/s1. The maximum atomic E-state index is 12.4. The molecule has 6 heteroatoms. The summed E-state index contributed by atoms with van der Waals surface area (Å²) in [6, 6.07) is 9.28. The highest BCUT2D eigenvalue weighted by molar-refractivity contribution is 5.97. The van der Waals surface area contributed by atoms with Crippen LogP contribution in [0.2, 0.25) is 0 Å². The van der Waals surface area contributed by atoms with E-state index in [1.165, 1.54) is 0 Å². The summed E-state index contributed by atoms with van der Waals surface area (Å²) >= 11 is 0. The first-order valence-corrected chi connectivity index (χ1v) is 8.85. The average molecular weight is 348 g/mol. The van der Waals surface area contributed by atoms with Crippen molar-refractivity contribution >= 4 is 16.8 Å². The van der Waals surface area contributed by atoms with Gasteiger partial charge in [0.2, 0.25) is 0 Å². The normalized spacial score (nSPS) is 17.2. The number of carbonyl (C=O) groups excluding carboxylic acids is 1. The molecule has 1 aliphatic heterocycles. The first-order valence-electron chi connectivity index (χ1n) is 8.85. The quantitative estimate of drug-likeness (QED) is 0.783. The number of pyridine rings is 1. The van der Waals surface area contributed by atoms with Crippen LogP contribution in [0.4, 0.5) is 0 Å². The molecule has 1 aliphatic rings. The van der Waals surface area contributed by atoms with Gasteiger partial charge in [-0.15, -0.1) is 0 Å². The molecule has 3 heterocycles. The minimum Gasteiger partial charge on any atom is -0.370 e. The molecule has 0 spiro atoms. The summed E-state index contributed by atoms with van der Waals surface area (Å²) < 4.78 is 5.70. The fraction of sp³-hybridized carbons (Fsp3) is 0.300. The van der Waals surface area contributed by atoms with Gasteiger partial charge in [0.1, 0.15) is 6.10 Å². The molecule has 132 valence electrons. The van der Waals surface area contributed by atoms with E-state index in [2.05, 4.69) is 20.3 Å². The lowest BCUT2D eigenvalue weighted by Gasteiger charge is -2.21. The number of nitrogens with zero attached hydrogens (tertiary/aromatic N) is 3. The van der Waals surface area contributed by atoms with E-state index in [0.29, 0.717) is 12.1 Å². The molecular formula is C20H20N4O2. The third-order valence-corrected chi connectivity index (χ3v) is 4.51. The van der Waals surface area contributed by atoms with Gasteiger partial charge in [-0.25, -0.2) is 9.97 Å². The molecule has 1 saturated heterocycles. The Morgan fingerprint density at radius 3 is 2.85 bits per heavy atom. The minimum absolute atomic E-state index is 0.00130. The molecule has 1 atom stereocenters. The van der Waals surface area contributed by atoms with Crippen LogP contribution in [0.25, 0.3) is 10.9 Å². The zero-order chi connectivity index (χ0) is 17.8. The number of hydrogen-bond acceptors (Lipinski definition) is 5. The van der Waals surface area contributed by atoms with Crippen molar-refractivity contribution in [3.8, 4) is 0 Å². The first kappa shape index (κ1) is 16.6. The third kappa shape index (κ3) is 3.70. The van der Waals surface area contributed by atoms with Crippen LogP contribution >= 0.6 is 0 Å². The van der Waals surface area contributed by atoms with Crippen LogP contribution in [0.1, 0.15) is 47.1 Å². The molecule has 1 N–H and O–H groups in total. The molecule has 0 bridgehead atoms. The Bertz CT molecular complexity index is 905. The van der Waals surface area contributed by atoms with Crippen molar-refractivity contribution in [1.82, 2.24) is 20.3 Å². The van der Waals surface area contributed by atoms with E-state index in [0.717, 1.165) is 48.2 Å². The van der Waals surface area contributed by atoms with Crippen LogP contribution in [0.15, 0.2) is 48.9 Å². The van der Waals surface area contributed by atoms with Crippen LogP contribution in [0, 0.1) is 0 Å². The van der Waals surface area contributed by atoms with E-state index in [9.17, 15) is 4.79 Å². The molecule has 0 aliphatic carbocycles. The van der Waals surface area contributed by atoms with E-state index < -0.39 is 0 Å². The molecule has 0 radical (unpaired) electrons. The van der Waals surface area contributed by atoms with Gasteiger partial charge < -0.3 is 10.1 Å². The zero-order valence-electron chi connectivity index (χ0n) is 14.4. The van der Waals surface area contributed by atoms with E-state index in [1.807, 2.05) is 24.3 Å². The van der Waals surface area contributed by atoms with Crippen LogP contribution in [0.5, 0.6) is 0 Å². The number of benzene rings is 1. The van der Waals surface area contributed by atoms with Crippen molar-refractivity contribution in [3.63, 3.8) is 0 Å². The Hall–Kier alpha value is -2.86. The molecule has 1 aromatic carbocycles. The predicted octanol–water partition coefficient (Wildman–Crippen LogP) is 3.20. The molecule has 6 nitrogen and oxygen atoms in total. The van der Waals surface area contributed by atoms with E-state index in [1.54, 1.807) is 24.7 Å². The largest absolute Gasteiger partial charge is 0.370 e. The average Bonchev–Trinajstić information content (AvgIpc) is 2.72. The molecule has 3 aromatic rings. The Morgan fingerprint density at radius 2 is 2.04 bits per heavy atom. The number of ether oxygens (including phenoxy) is 1. The molecule has 2 aromatic heterocycles. The summed E-state index contributed by atoms with van der Waals surface area (Å²) in [7, 11) is 0. The highest BCUT2D eigenvalue weighted by atomic mass is 16.5. The second-order valence-electron chi connectivity index (χ2n) is 6.40. The lowest BCUT2D eigenvalue weighted by molar-refractivity contribution is 0.00940. The smallest absolute Gasteiger partial charge is 0.251 e. The maximum Gasteiger partial charge on any atom is 0.251 e. The van der Waals surface area contributed by atoms with Gasteiger partial charge in [0, 0.05) is 48.3 Å². The molecule has 4 rings (SSSR count). The van der Waals surface area contributed by atoms with Gasteiger partial charge in [-0.3, -0.25) is 9.78 Å². The Kier molecular flexibility index (Phi) is 4.84. The molecular weight excluding hydrogens is 328 g/mol. The maximum absolute atomic E-state index is 12.4. The molecule has 1 amide bonds. The van der Waals surface area contributed by atoms with Gasteiger partial charge in [-0.1, -0.05) is 6.07 Å². The third-order valence-electron chi connectivity index (χ3n) is 4.51. The number of nitrogens with one attached hydrogen (secondary N) is 1. The number of hydrogen-bond donors (Lipinski definition) is 1. The predicted molar refractivity (Wildman–Crippen MR) is 97.5 cm³/mol. The monoisotopic (exact) mass is 348 g/mol. The lowest BCUT2D eigenvalue weighted by atomic mass is 10.1. The van der Waals surface area contributed by atoms with Crippen LogP contribution in [-0.4, -0.2) is 27.5 Å². The topological polar surface area (TPSA) is 77.0 Å². The van der Waals surface area contributed by atoms with Crippen LogP contribution in [0.3, 0.4) is 0 Å². The van der Waals surface area contributed by atoms with Crippen molar-refractivity contribution in [1.29, 1.82) is 0 Å². The molecule has 1 fully saturated rings. The van der Waals surface area contributed by atoms with Gasteiger partial charge in [-0.2, -0.15) is 0 Å². The number of carbonyl (C=O) groups is 1. The Balaban J connectivity index is 1.38. The number of amides is 1. The van der Waals surface area contributed by atoms with Gasteiger partial charge in [0.15, 0.2) is 5.82 Å². The first-order chi connectivity index (χ1) is 12.8. The van der Waals surface area contributed by atoms with Crippen LogP contribution < -0.4 is 5.32 Å². The molecule has 26 heavy (non-hydrogen) atoms. The van der Waals surface area contributed by atoms with E-state index in [-0.39, 0.29) is 12.0 Å². The Morgan fingerprint density at radius 1 is 1.15 bits per heavy atom. The van der Waals surface area contributed by atoms with Gasteiger partial charge >= 0.3 is 0 Å². The highest BCUT2D eigenvalue weighted by Gasteiger charge is 2.18. The van der Waals surface area contributed by atoms with Gasteiger partial charge in [-0.05, 0) is 43.5 Å². The summed E-state index contributed by atoms with van der Waals surface area (Å²) in [5.74, 6) is 0.595.